The monoisotopic (exact) mass is 354 g/mol. The van der Waals surface area contributed by atoms with Crippen molar-refractivity contribution in [1.82, 2.24) is 10.6 Å². The molecule has 2 N–H and O–H groups in total. The fourth-order valence-corrected chi connectivity index (χ4v) is 2.69. The molecule has 134 valence electrons. The van der Waals surface area contributed by atoms with Crippen molar-refractivity contribution in [3.05, 3.63) is 47.7 Å². The van der Waals surface area contributed by atoms with Gasteiger partial charge in [-0.15, -0.1) is 0 Å². The minimum Gasteiger partial charge on any atom is -0.448 e. The van der Waals surface area contributed by atoms with Crippen LogP contribution < -0.4 is 10.6 Å². The molecule has 3 aromatic rings. The van der Waals surface area contributed by atoms with E-state index in [1.165, 1.54) is 14.0 Å². The highest BCUT2D eigenvalue weighted by Crippen LogP contribution is 2.32. The molecule has 0 saturated heterocycles. The van der Waals surface area contributed by atoms with Crippen molar-refractivity contribution in [2.45, 2.75) is 20.0 Å². The highest BCUT2D eigenvalue weighted by atomic mass is 16.6. The lowest BCUT2D eigenvalue weighted by molar-refractivity contribution is -0.128. The number of esters is 1. The molecule has 0 aliphatic carbocycles. The number of hydrogen-bond donors (Lipinski definition) is 2. The van der Waals surface area contributed by atoms with Crippen molar-refractivity contribution in [1.29, 1.82) is 0 Å². The molecule has 0 spiro atoms. The molecule has 0 saturated carbocycles. The van der Waals surface area contributed by atoms with E-state index in [-0.39, 0.29) is 5.76 Å². The van der Waals surface area contributed by atoms with Crippen LogP contribution in [0.1, 0.15) is 23.0 Å². The van der Waals surface area contributed by atoms with Crippen molar-refractivity contribution >= 4 is 39.6 Å². The molecule has 26 heavy (non-hydrogen) atoms. The van der Waals surface area contributed by atoms with Crippen LogP contribution in [0.3, 0.4) is 0 Å². The Hall–Kier alpha value is -3.35. The standard InChI is InChI=1S/C19H18N2O5/c1-10-13-9-8-12-6-4-5-7-14(12)16(13)26-15(10)18(23)25-11(2)17(22)21-19(24)20-3/h4-9,11H,1-3H3,(H2,20,21,22,24). The summed E-state index contributed by atoms with van der Waals surface area (Å²) in [6.45, 7) is 3.13. The quantitative estimate of drug-likeness (QED) is 0.705. The molecule has 0 bridgehead atoms. The summed E-state index contributed by atoms with van der Waals surface area (Å²) >= 11 is 0. The maximum atomic E-state index is 12.4. The van der Waals surface area contributed by atoms with Crippen LogP contribution in [0.2, 0.25) is 0 Å². The number of urea groups is 1. The average molecular weight is 354 g/mol. The molecule has 1 unspecified atom stereocenters. The Morgan fingerprint density at radius 1 is 1.08 bits per heavy atom. The van der Waals surface area contributed by atoms with Crippen molar-refractivity contribution in [2.75, 3.05) is 7.05 Å². The summed E-state index contributed by atoms with van der Waals surface area (Å²) in [5.74, 6) is -1.45. The second-order valence-corrected chi connectivity index (χ2v) is 5.84. The Morgan fingerprint density at radius 2 is 1.81 bits per heavy atom. The van der Waals surface area contributed by atoms with E-state index in [4.69, 9.17) is 9.15 Å². The highest BCUT2D eigenvalue weighted by Gasteiger charge is 2.25. The van der Waals surface area contributed by atoms with Gasteiger partial charge < -0.3 is 14.5 Å². The predicted molar refractivity (Wildman–Crippen MR) is 95.9 cm³/mol. The van der Waals surface area contributed by atoms with Gasteiger partial charge in [0.05, 0.1) is 0 Å². The molecule has 3 amide bonds. The first-order valence-corrected chi connectivity index (χ1v) is 8.06. The van der Waals surface area contributed by atoms with Gasteiger partial charge in [-0.2, -0.15) is 0 Å². The lowest BCUT2D eigenvalue weighted by atomic mass is 10.1. The molecule has 7 nitrogen and oxygen atoms in total. The molecular weight excluding hydrogens is 336 g/mol. The highest BCUT2D eigenvalue weighted by molar-refractivity contribution is 6.08. The minimum atomic E-state index is -1.15. The molecular formula is C19H18N2O5. The Bertz CT molecular complexity index is 1020. The van der Waals surface area contributed by atoms with E-state index in [2.05, 4.69) is 10.6 Å². The van der Waals surface area contributed by atoms with Crippen molar-refractivity contribution < 1.29 is 23.5 Å². The lowest BCUT2D eigenvalue weighted by Crippen LogP contribution is -2.43. The number of hydrogen-bond acceptors (Lipinski definition) is 5. The van der Waals surface area contributed by atoms with E-state index in [1.54, 1.807) is 6.92 Å². The summed E-state index contributed by atoms with van der Waals surface area (Å²) in [6, 6.07) is 10.8. The molecule has 1 heterocycles. The Kier molecular flexibility index (Phi) is 4.62. The van der Waals surface area contributed by atoms with Gasteiger partial charge in [0, 0.05) is 23.4 Å². The number of rotatable bonds is 3. The molecule has 1 aromatic heterocycles. The van der Waals surface area contributed by atoms with E-state index in [0.29, 0.717) is 11.1 Å². The summed E-state index contributed by atoms with van der Waals surface area (Å²) in [5.41, 5.74) is 1.23. The molecule has 0 fully saturated rings. The third kappa shape index (κ3) is 3.11. The van der Waals surface area contributed by atoms with E-state index >= 15 is 0 Å². The zero-order chi connectivity index (χ0) is 18.8. The number of carbonyl (C=O) groups is 3. The summed E-state index contributed by atoms with van der Waals surface area (Å²) in [4.78, 5) is 35.5. The number of furan rings is 1. The molecule has 3 rings (SSSR count). The smallest absolute Gasteiger partial charge is 0.375 e. The lowest BCUT2D eigenvalue weighted by Gasteiger charge is -2.11. The van der Waals surface area contributed by atoms with Gasteiger partial charge in [0.2, 0.25) is 5.76 Å². The van der Waals surface area contributed by atoms with Crippen LogP contribution in [0.15, 0.2) is 40.8 Å². The van der Waals surface area contributed by atoms with Gasteiger partial charge in [-0.25, -0.2) is 9.59 Å². The van der Waals surface area contributed by atoms with Crippen LogP contribution in [-0.4, -0.2) is 31.1 Å². The van der Waals surface area contributed by atoms with Gasteiger partial charge >= 0.3 is 12.0 Å². The van der Waals surface area contributed by atoms with Crippen LogP contribution in [0.5, 0.6) is 0 Å². The Morgan fingerprint density at radius 3 is 2.54 bits per heavy atom. The Labute approximate surface area is 149 Å². The number of carbonyl (C=O) groups excluding carboxylic acids is 3. The second-order valence-electron chi connectivity index (χ2n) is 5.84. The first-order valence-electron chi connectivity index (χ1n) is 8.06. The minimum absolute atomic E-state index is 0.0379. The van der Waals surface area contributed by atoms with Gasteiger partial charge in [0.15, 0.2) is 6.10 Å². The van der Waals surface area contributed by atoms with Crippen molar-refractivity contribution in [3.63, 3.8) is 0 Å². The number of nitrogens with one attached hydrogen (secondary N) is 2. The molecule has 1 atom stereocenters. The topological polar surface area (TPSA) is 97.6 Å². The zero-order valence-electron chi connectivity index (χ0n) is 14.6. The van der Waals surface area contributed by atoms with Gasteiger partial charge in [-0.3, -0.25) is 10.1 Å². The number of imide groups is 1. The van der Waals surface area contributed by atoms with Crippen molar-refractivity contribution in [2.24, 2.45) is 0 Å². The van der Waals surface area contributed by atoms with Crippen LogP contribution in [0.25, 0.3) is 21.7 Å². The van der Waals surface area contributed by atoms with Gasteiger partial charge in [-0.1, -0.05) is 36.4 Å². The van der Waals surface area contributed by atoms with E-state index in [0.717, 1.165) is 16.2 Å². The van der Waals surface area contributed by atoms with Crippen LogP contribution in [0, 0.1) is 6.92 Å². The van der Waals surface area contributed by atoms with Crippen LogP contribution in [-0.2, 0) is 9.53 Å². The summed E-state index contributed by atoms with van der Waals surface area (Å²) in [5, 5.41) is 6.99. The summed E-state index contributed by atoms with van der Waals surface area (Å²) < 4.78 is 10.9. The SMILES string of the molecule is CNC(=O)NC(=O)C(C)OC(=O)c1oc2c(ccc3ccccc32)c1C. The first kappa shape index (κ1) is 17.5. The molecule has 0 aliphatic rings. The number of fused-ring (bicyclic) bond motifs is 3. The van der Waals surface area contributed by atoms with Crippen molar-refractivity contribution in [3.8, 4) is 0 Å². The zero-order valence-corrected chi connectivity index (χ0v) is 14.6. The van der Waals surface area contributed by atoms with E-state index in [9.17, 15) is 14.4 Å². The number of ether oxygens (including phenoxy) is 1. The maximum Gasteiger partial charge on any atom is 0.375 e. The second kappa shape index (κ2) is 6.87. The van der Waals surface area contributed by atoms with E-state index < -0.39 is 24.0 Å². The summed E-state index contributed by atoms with van der Waals surface area (Å²) in [6.07, 6.45) is -1.15. The number of benzene rings is 2. The van der Waals surface area contributed by atoms with E-state index in [1.807, 2.05) is 36.4 Å². The molecule has 7 heteroatoms. The fraction of sp³-hybridized carbons (Fsp3) is 0.211. The van der Waals surface area contributed by atoms with Gasteiger partial charge in [0.1, 0.15) is 5.58 Å². The van der Waals surface area contributed by atoms with Crippen LogP contribution >= 0.6 is 0 Å². The van der Waals surface area contributed by atoms with Crippen LogP contribution in [0.4, 0.5) is 4.79 Å². The summed E-state index contributed by atoms with van der Waals surface area (Å²) in [7, 11) is 1.38. The Balaban J connectivity index is 1.89. The predicted octanol–water partition coefficient (Wildman–Crippen LogP) is 2.90. The maximum absolute atomic E-state index is 12.4. The average Bonchev–Trinajstić information content (AvgIpc) is 2.98. The van der Waals surface area contributed by atoms with Gasteiger partial charge in [0.25, 0.3) is 5.91 Å². The number of aryl methyl sites for hydroxylation is 1. The largest absolute Gasteiger partial charge is 0.448 e. The molecule has 0 aliphatic heterocycles. The normalized spacial score (nSPS) is 12.0. The third-order valence-corrected chi connectivity index (χ3v) is 4.13. The molecule has 0 radical (unpaired) electrons. The molecule has 2 aromatic carbocycles. The third-order valence-electron chi connectivity index (χ3n) is 4.13. The number of amides is 3. The van der Waals surface area contributed by atoms with Gasteiger partial charge in [-0.05, 0) is 19.2 Å². The fourth-order valence-electron chi connectivity index (χ4n) is 2.69. The first-order chi connectivity index (χ1) is 12.4.